The molecule has 0 aliphatic carbocycles. The topological polar surface area (TPSA) is 87.0 Å². The molecule has 1 aliphatic rings. The largest absolute Gasteiger partial charge is 0.508 e. The van der Waals surface area contributed by atoms with Crippen LogP contribution in [0.1, 0.15) is 35.3 Å². The van der Waals surface area contributed by atoms with Crippen LogP contribution in [0.4, 0.5) is 0 Å². The van der Waals surface area contributed by atoms with E-state index in [2.05, 4.69) is 0 Å². The Morgan fingerprint density at radius 2 is 1.84 bits per heavy atom. The fraction of sp³-hybridized carbons (Fsp3) is 0.250. The first-order valence-corrected chi connectivity index (χ1v) is 8.01. The molecular formula is C20H20O5. The normalized spacial score (nSPS) is 16.7. The van der Waals surface area contributed by atoms with Crippen molar-refractivity contribution in [2.45, 2.75) is 32.0 Å². The summed E-state index contributed by atoms with van der Waals surface area (Å²) >= 11 is 0. The number of carbonyl (C=O) groups is 1. The molecular weight excluding hydrogens is 320 g/mol. The highest BCUT2D eigenvalue weighted by Crippen LogP contribution is 2.40. The molecule has 1 heterocycles. The fourth-order valence-electron chi connectivity index (χ4n) is 2.75. The number of aliphatic hydroxyl groups is 1. The second-order valence-electron chi connectivity index (χ2n) is 6.69. The molecule has 2 aromatic rings. The zero-order valence-corrected chi connectivity index (χ0v) is 14.1. The summed E-state index contributed by atoms with van der Waals surface area (Å²) in [6.45, 7) is 3.29. The Hall–Kier alpha value is -2.79. The number of ketones is 1. The van der Waals surface area contributed by atoms with Crippen molar-refractivity contribution in [3.63, 3.8) is 0 Å². The first-order valence-electron chi connectivity index (χ1n) is 8.01. The molecule has 0 spiro atoms. The molecule has 5 nitrogen and oxygen atoms in total. The molecule has 1 aliphatic heterocycles. The van der Waals surface area contributed by atoms with E-state index in [1.54, 1.807) is 38.1 Å². The molecule has 0 bridgehead atoms. The maximum atomic E-state index is 12.4. The standard InChI is InChI=1S/C20H20O5/c1-20(2,24)18-11-15-17(25-18)10-8-14(19(15)23)16(22)9-5-12-3-6-13(21)7-4-12/h3-10,18,21,23-24H,11H2,1-2H3/b9-5+/t18-/m1/s1. The van der Waals surface area contributed by atoms with E-state index in [0.29, 0.717) is 17.7 Å². The smallest absolute Gasteiger partial charge is 0.189 e. The maximum Gasteiger partial charge on any atom is 0.189 e. The summed E-state index contributed by atoms with van der Waals surface area (Å²) in [7, 11) is 0. The predicted molar refractivity (Wildman–Crippen MR) is 94.0 cm³/mol. The van der Waals surface area contributed by atoms with Gasteiger partial charge in [-0.1, -0.05) is 18.2 Å². The molecule has 5 heteroatoms. The van der Waals surface area contributed by atoms with Crippen LogP contribution in [0, 0.1) is 0 Å². The third-order valence-corrected chi connectivity index (χ3v) is 4.27. The summed E-state index contributed by atoms with van der Waals surface area (Å²) in [5.74, 6) is 0.203. The van der Waals surface area contributed by atoms with Gasteiger partial charge in [0.15, 0.2) is 5.78 Å². The van der Waals surface area contributed by atoms with E-state index in [0.717, 1.165) is 5.56 Å². The second-order valence-corrected chi connectivity index (χ2v) is 6.69. The highest BCUT2D eigenvalue weighted by molar-refractivity contribution is 6.09. The number of allylic oxidation sites excluding steroid dienone is 1. The van der Waals surface area contributed by atoms with Crippen LogP contribution in [0.2, 0.25) is 0 Å². The van der Waals surface area contributed by atoms with Gasteiger partial charge >= 0.3 is 0 Å². The van der Waals surface area contributed by atoms with Crippen LogP contribution in [-0.2, 0) is 6.42 Å². The Balaban J connectivity index is 1.83. The van der Waals surface area contributed by atoms with E-state index in [-0.39, 0.29) is 22.8 Å². The minimum absolute atomic E-state index is 0.107. The van der Waals surface area contributed by atoms with Crippen LogP contribution >= 0.6 is 0 Å². The molecule has 3 N–H and O–H groups in total. The number of fused-ring (bicyclic) bond motifs is 1. The van der Waals surface area contributed by atoms with Crippen LogP contribution < -0.4 is 4.74 Å². The quantitative estimate of drug-likeness (QED) is 0.588. The highest BCUT2D eigenvalue weighted by atomic mass is 16.5. The van der Waals surface area contributed by atoms with Crippen molar-refractivity contribution in [3.8, 4) is 17.2 Å². The molecule has 0 saturated carbocycles. The van der Waals surface area contributed by atoms with Gasteiger partial charge in [0, 0.05) is 12.0 Å². The number of rotatable bonds is 4. The van der Waals surface area contributed by atoms with Gasteiger partial charge in [-0.3, -0.25) is 4.79 Å². The Morgan fingerprint density at radius 3 is 2.48 bits per heavy atom. The summed E-state index contributed by atoms with van der Waals surface area (Å²) in [5, 5.41) is 29.8. The van der Waals surface area contributed by atoms with Crippen molar-refractivity contribution < 1.29 is 24.9 Å². The zero-order chi connectivity index (χ0) is 18.2. The zero-order valence-electron chi connectivity index (χ0n) is 14.1. The third-order valence-electron chi connectivity index (χ3n) is 4.27. The first kappa shape index (κ1) is 17.0. The minimum Gasteiger partial charge on any atom is -0.508 e. The van der Waals surface area contributed by atoms with Gasteiger partial charge in [0.05, 0.1) is 11.2 Å². The Bertz CT molecular complexity index is 828. The Labute approximate surface area is 145 Å². The van der Waals surface area contributed by atoms with Crippen molar-refractivity contribution in [1.82, 2.24) is 0 Å². The van der Waals surface area contributed by atoms with Crippen molar-refractivity contribution in [2.75, 3.05) is 0 Å². The summed E-state index contributed by atoms with van der Waals surface area (Å²) in [4.78, 5) is 12.4. The number of aromatic hydroxyl groups is 2. The highest BCUT2D eigenvalue weighted by Gasteiger charge is 2.37. The number of hydrogen-bond donors (Lipinski definition) is 3. The lowest BCUT2D eigenvalue weighted by molar-refractivity contribution is -0.0229. The van der Waals surface area contributed by atoms with Gasteiger partial charge in [0.1, 0.15) is 23.4 Å². The van der Waals surface area contributed by atoms with E-state index < -0.39 is 11.7 Å². The van der Waals surface area contributed by atoms with Crippen LogP contribution in [0.15, 0.2) is 42.5 Å². The van der Waals surface area contributed by atoms with Crippen molar-refractivity contribution in [3.05, 3.63) is 59.2 Å². The molecule has 130 valence electrons. The number of phenols is 2. The van der Waals surface area contributed by atoms with Gasteiger partial charge in [-0.2, -0.15) is 0 Å². The molecule has 0 radical (unpaired) electrons. The molecule has 25 heavy (non-hydrogen) atoms. The lowest BCUT2D eigenvalue weighted by Crippen LogP contribution is -2.39. The Morgan fingerprint density at radius 1 is 1.16 bits per heavy atom. The van der Waals surface area contributed by atoms with E-state index in [4.69, 9.17) is 4.74 Å². The number of ether oxygens (including phenoxy) is 1. The van der Waals surface area contributed by atoms with Gasteiger partial charge in [0.2, 0.25) is 0 Å². The summed E-state index contributed by atoms with van der Waals surface area (Å²) in [6, 6.07) is 9.59. The number of phenolic OH excluding ortho intramolecular Hbond substituents is 2. The van der Waals surface area contributed by atoms with E-state index in [1.807, 2.05) is 0 Å². The molecule has 0 fully saturated rings. The lowest BCUT2D eigenvalue weighted by Gasteiger charge is -2.24. The van der Waals surface area contributed by atoms with Gasteiger partial charge < -0.3 is 20.1 Å². The summed E-state index contributed by atoms with van der Waals surface area (Å²) in [5.41, 5.74) is 0.441. The molecule has 0 saturated heterocycles. The van der Waals surface area contributed by atoms with Crippen molar-refractivity contribution in [1.29, 1.82) is 0 Å². The number of carbonyl (C=O) groups excluding carboxylic acids is 1. The predicted octanol–water partition coefficient (Wildman–Crippen LogP) is 3.07. The van der Waals surface area contributed by atoms with Crippen LogP contribution in [0.25, 0.3) is 6.08 Å². The van der Waals surface area contributed by atoms with Crippen molar-refractivity contribution in [2.24, 2.45) is 0 Å². The molecule has 0 aromatic heterocycles. The monoisotopic (exact) mass is 340 g/mol. The van der Waals surface area contributed by atoms with Gasteiger partial charge in [0.25, 0.3) is 0 Å². The molecule has 2 aromatic carbocycles. The molecule has 3 rings (SSSR count). The minimum atomic E-state index is -1.05. The van der Waals surface area contributed by atoms with Gasteiger partial charge in [-0.05, 0) is 49.8 Å². The van der Waals surface area contributed by atoms with Gasteiger partial charge in [-0.15, -0.1) is 0 Å². The SMILES string of the molecule is CC(C)(O)[C@H]1Cc2c(ccc(C(=O)/C=C/c3ccc(O)cc3)c2O)O1. The van der Waals surface area contributed by atoms with Crippen LogP contribution in [0.5, 0.6) is 17.2 Å². The Kier molecular flexibility index (Phi) is 4.27. The van der Waals surface area contributed by atoms with E-state index in [9.17, 15) is 20.1 Å². The molecule has 0 unspecified atom stereocenters. The number of benzene rings is 2. The maximum absolute atomic E-state index is 12.4. The summed E-state index contributed by atoms with van der Waals surface area (Å²) in [6.07, 6.45) is 2.86. The van der Waals surface area contributed by atoms with Crippen molar-refractivity contribution >= 4 is 11.9 Å². The number of hydrogen-bond acceptors (Lipinski definition) is 5. The average molecular weight is 340 g/mol. The van der Waals surface area contributed by atoms with Crippen LogP contribution in [0.3, 0.4) is 0 Å². The molecule has 0 amide bonds. The summed E-state index contributed by atoms with van der Waals surface area (Å²) < 4.78 is 5.66. The van der Waals surface area contributed by atoms with E-state index in [1.165, 1.54) is 24.3 Å². The van der Waals surface area contributed by atoms with Gasteiger partial charge in [-0.25, -0.2) is 0 Å². The third kappa shape index (κ3) is 3.51. The second kappa shape index (κ2) is 6.26. The van der Waals surface area contributed by atoms with Crippen LogP contribution in [-0.4, -0.2) is 32.8 Å². The first-order chi connectivity index (χ1) is 11.8. The van der Waals surface area contributed by atoms with E-state index >= 15 is 0 Å². The lowest BCUT2D eigenvalue weighted by atomic mass is 9.95. The fourth-order valence-corrected chi connectivity index (χ4v) is 2.75. The molecule has 1 atom stereocenters. The average Bonchev–Trinajstić information content (AvgIpc) is 3.00.